The molecule has 4 nitrogen and oxygen atoms in total. The van der Waals surface area contributed by atoms with Gasteiger partial charge >= 0.3 is 0 Å². The first-order valence-corrected chi connectivity index (χ1v) is 12.4. The van der Waals surface area contributed by atoms with Crippen molar-refractivity contribution in [3.8, 4) is 0 Å². The van der Waals surface area contributed by atoms with Crippen molar-refractivity contribution in [1.29, 1.82) is 5.41 Å². The fraction of sp³-hybridized carbons (Fsp3) is 0.448. The van der Waals surface area contributed by atoms with Crippen LogP contribution in [-0.4, -0.2) is 28.5 Å². The lowest BCUT2D eigenvalue weighted by Gasteiger charge is -2.41. The van der Waals surface area contributed by atoms with Gasteiger partial charge in [0, 0.05) is 36.2 Å². The van der Waals surface area contributed by atoms with Crippen LogP contribution < -0.4 is 5.73 Å². The van der Waals surface area contributed by atoms with Crippen molar-refractivity contribution in [2.24, 2.45) is 23.0 Å². The number of aromatic nitrogens is 1. The molecule has 0 aromatic carbocycles. The minimum absolute atomic E-state index is 0.0877. The predicted octanol–water partition coefficient (Wildman–Crippen LogP) is 5.45. The van der Waals surface area contributed by atoms with Gasteiger partial charge in [0.2, 0.25) is 0 Å². The number of hydrogen-bond acceptors (Lipinski definition) is 4. The van der Waals surface area contributed by atoms with E-state index in [0.29, 0.717) is 11.6 Å². The molecule has 4 N–H and O–H groups in total. The van der Waals surface area contributed by atoms with Crippen LogP contribution in [0, 0.1) is 22.7 Å². The van der Waals surface area contributed by atoms with Gasteiger partial charge in [-0.3, -0.25) is 4.98 Å². The summed E-state index contributed by atoms with van der Waals surface area (Å²) in [4.78, 5) is 4.38. The number of nitrogens with zero attached hydrogens (tertiary/aromatic N) is 1. The van der Waals surface area contributed by atoms with Crippen molar-refractivity contribution in [3.05, 3.63) is 89.3 Å². The molecule has 0 spiro atoms. The number of aryl methyl sites for hydroxylation is 1. The second kappa shape index (κ2) is 10.6. The van der Waals surface area contributed by atoms with Gasteiger partial charge in [-0.2, -0.15) is 0 Å². The zero-order valence-corrected chi connectivity index (χ0v) is 19.7. The highest BCUT2D eigenvalue weighted by Gasteiger charge is 2.38. The summed E-state index contributed by atoms with van der Waals surface area (Å²) in [7, 11) is 0. The molecule has 1 fully saturated rings. The molecule has 3 aliphatic carbocycles. The van der Waals surface area contributed by atoms with Crippen LogP contribution in [0.2, 0.25) is 0 Å². The fourth-order valence-corrected chi connectivity index (χ4v) is 5.56. The SMILES string of the molecule is CCc1cc(C(=N)C2C=C(C3CCCC(CO)(CC4=CC=CCC=C4)C3)C=CC2N)ccn1. The van der Waals surface area contributed by atoms with Crippen molar-refractivity contribution in [2.45, 2.75) is 57.9 Å². The van der Waals surface area contributed by atoms with E-state index < -0.39 is 0 Å². The van der Waals surface area contributed by atoms with Gasteiger partial charge in [0.05, 0.1) is 0 Å². The molecular weight excluding hydrogens is 406 g/mol. The van der Waals surface area contributed by atoms with Crippen molar-refractivity contribution >= 4 is 5.71 Å². The lowest BCUT2D eigenvalue weighted by atomic mass is 9.64. The Hall–Kier alpha value is -2.56. The predicted molar refractivity (Wildman–Crippen MR) is 136 cm³/mol. The minimum atomic E-state index is -0.196. The van der Waals surface area contributed by atoms with Crippen molar-refractivity contribution in [1.82, 2.24) is 4.98 Å². The number of allylic oxidation sites excluding steroid dienone is 8. The van der Waals surface area contributed by atoms with Crippen LogP contribution in [0.25, 0.3) is 0 Å². The molecule has 4 rings (SSSR count). The van der Waals surface area contributed by atoms with E-state index in [1.165, 1.54) is 11.1 Å². The molecule has 4 atom stereocenters. The molecule has 3 aliphatic rings. The van der Waals surface area contributed by atoms with Crippen LogP contribution in [0.3, 0.4) is 0 Å². The third-order valence-electron chi connectivity index (χ3n) is 7.50. The highest BCUT2D eigenvalue weighted by Crippen LogP contribution is 2.47. The van der Waals surface area contributed by atoms with E-state index in [4.69, 9.17) is 11.1 Å². The standard InChI is InChI=1S/C29H37N3O/c1-2-25-16-23(13-15-32-25)28(31)26-17-22(11-12-27(26)30)24-10-7-14-29(19-24,20-33)18-21-8-5-3-4-6-9-21/h3,5-6,8-9,11-13,15-17,24,26-27,31,33H,2,4,7,10,14,18-20,30H2,1H3. The highest BCUT2D eigenvalue weighted by atomic mass is 16.3. The normalized spacial score (nSPS) is 29.4. The molecule has 1 aromatic heterocycles. The minimum Gasteiger partial charge on any atom is -0.396 e. The lowest BCUT2D eigenvalue weighted by Crippen LogP contribution is -2.37. The van der Waals surface area contributed by atoms with Gasteiger partial charge < -0.3 is 16.2 Å². The van der Waals surface area contributed by atoms with Crippen LogP contribution in [0.1, 0.15) is 56.7 Å². The number of nitrogens with one attached hydrogen (secondary N) is 1. The van der Waals surface area contributed by atoms with Gasteiger partial charge in [-0.15, -0.1) is 0 Å². The van der Waals surface area contributed by atoms with Crippen molar-refractivity contribution in [2.75, 3.05) is 6.61 Å². The molecule has 0 radical (unpaired) electrons. The van der Waals surface area contributed by atoms with Crippen LogP contribution in [-0.2, 0) is 6.42 Å². The number of aliphatic hydroxyl groups excluding tert-OH is 1. The van der Waals surface area contributed by atoms with E-state index in [1.54, 1.807) is 6.20 Å². The topological polar surface area (TPSA) is 83.0 Å². The van der Waals surface area contributed by atoms with Crippen molar-refractivity contribution in [3.63, 3.8) is 0 Å². The van der Waals surface area contributed by atoms with Gasteiger partial charge in [-0.25, -0.2) is 0 Å². The summed E-state index contributed by atoms with van der Waals surface area (Å²) in [6, 6.07) is 3.74. The summed E-state index contributed by atoms with van der Waals surface area (Å²) < 4.78 is 0. The van der Waals surface area contributed by atoms with E-state index in [9.17, 15) is 5.11 Å². The summed E-state index contributed by atoms with van der Waals surface area (Å²) in [6.07, 6.45) is 26.2. The van der Waals surface area contributed by atoms with Gasteiger partial charge in [-0.1, -0.05) is 62.0 Å². The molecule has 0 aliphatic heterocycles. The molecule has 0 saturated heterocycles. The molecule has 1 saturated carbocycles. The first-order chi connectivity index (χ1) is 16.0. The molecule has 1 heterocycles. The average Bonchev–Trinajstić information content (AvgIpc) is 3.12. The smallest absolute Gasteiger partial charge is 0.0490 e. The molecule has 174 valence electrons. The molecule has 1 aromatic rings. The second-order valence-corrected chi connectivity index (χ2v) is 9.87. The molecule has 0 amide bonds. The first-order valence-electron chi connectivity index (χ1n) is 12.4. The molecular formula is C29H37N3O. The monoisotopic (exact) mass is 443 g/mol. The summed E-state index contributed by atoms with van der Waals surface area (Å²) >= 11 is 0. The molecule has 4 unspecified atom stereocenters. The Balaban J connectivity index is 1.54. The third kappa shape index (κ3) is 5.51. The largest absolute Gasteiger partial charge is 0.396 e. The summed E-state index contributed by atoms with van der Waals surface area (Å²) in [6.45, 7) is 2.29. The van der Waals surface area contributed by atoms with Gasteiger partial charge in [0.1, 0.15) is 0 Å². The Kier molecular flexibility index (Phi) is 7.56. The van der Waals surface area contributed by atoms with E-state index >= 15 is 0 Å². The Bertz CT molecular complexity index is 1020. The Labute approximate surface area is 198 Å². The average molecular weight is 444 g/mol. The lowest BCUT2D eigenvalue weighted by molar-refractivity contribution is 0.0658. The number of pyridine rings is 1. The number of rotatable bonds is 7. The van der Waals surface area contributed by atoms with Gasteiger partial charge in [0.15, 0.2) is 0 Å². The van der Waals surface area contributed by atoms with E-state index in [-0.39, 0.29) is 24.0 Å². The first kappa shape index (κ1) is 23.6. The Morgan fingerprint density at radius 3 is 3.00 bits per heavy atom. The Morgan fingerprint density at radius 1 is 1.30 bits per heavy atom. The zero-order valence-electron chi connectivity index (χ0n) is 19.7. The molecule has 4 heteroatoms. The van der Waals surface area contributed by atoms with Gasteiger partial charge in [0.25, 0.3) is 0 Å². The van der Waals surface area contributed by atoms with Crippen LogP contribution in [0.15, 0.2) is 78.1 Å². The molecule has 33 heavy (non-hydrogen) atoms. The highest BCUT2D eigenvalue weighted by molar-refractivity contribution is 6.01. The van der Waals surface area contributed by atoms with E-state index in [1.807, 2.05) is 12.1 Å². The quantitative estimate of drug-likeness (QED) is 0.490. The van der Waals surface area contributed by atoms with Crippen LogP contribution in [0.4, 0.5) is 0 Å². The molecule has 0 bridgehead atoms. The van der Waals surface area contributed by atoms with Crippen molar-refractivity contribution < 1.29 is 5.11 Å². The van der Waals surface area contributed by atoms with Gasteiger partial charge in [-0.05, 0) is 78.7 Å². The number of aliphatic hydroxyl groups is 1. The van der Waals surface area contributed by atoms with E-state index in [0.717, 1.165) is 56.2 Å². The second-order valence-electron chi connectivity index (χ2n) is 9.87. The number of hydrogen-bond donors (Lipinski definition) is 3. The summed E-state index contributed by atoms with van der Waals surface area (Å²) in [5.74, 6) is 0.250. The van der Waals surface area contributed by atoms with Crippen LogP contribution in [0.5, 0.6) is 0 Å². The number of nitrogens with two attached hydrogens (primary N) is 1. The summed E-state index contributed by atoms with van der Waals surface area (Å²) in [5, 5.41) is 19.4. The fourth-order valence-electron chi connectivity index (χ4n) is 5.56. The van der Waals surface area contributed by atoms with Crippen LogP contribution >= 0.6 is 0 Å². The zero-order chi connectivity index (χ0) is 23.3. The Morgan fingerprint density at radius 2 is 2.18 bits per heavy atom. The van der Waals surface area contributed by atoms with E-state index in [2.05, 4.69) is 60.5 Å². The summed E-state index contributed by atoms with van der Waals surface area (Å²) in [5.41, 5.74) is 11.4. The maximum absolute atomic E-state index is 10.5. The third-order valence-corrected chi connectivity index (χ3v) is 7.50. The maximum atomic E-state index is 10.5. The maximum Gasteiger partial charge on any atom is 0.0490 e.